The van der Waals surface area contributed by atoms with E-state index in [2.05, 4.69) is 16.0 Å². The predicted octanol–water partition coefficient (Wildman–Crippen LogP) is 3.66. The van der Waals surface area contributed by atoms with Gasteiger partial charge in [-0.05, 0) is 63.9 Å². The molecule has 1 aliphatic carbocycles. The van der Waals surface area contributed by atoms with Crippen molar-refractivity contribution in [3.05, 3.63) is 35.9 Å². The van der Waals surface area contributed by atoms with Crippen molar-refractivity contribution in [3.63, 3.8) is 0 Å². The molecule has 3 amide bonds. The number of carboxylic acids is 1. The summed E-state index contributed by atoms with van der Waals surface area (Å²) in [6.45, 7) is 9.46. The molecule has 9 heteroatoms. The van der Waals surface area contributed by atoms with Crippen molar-refractivity contribution in [2.24, 2.45) is 17.8 Å². The zero-order valence-corrected chi connectivity index (χ0v) is 22.7. The second-order valence-corrected chi connectivity index (χ2v) is 11.1. The molecule has 1 aliphatic rings. The summed E-state index contributed by atoms with van der Waals surface area (Å²) in [5.41, 5.74) is 0.240. The molecule has 1 saturated carbocycles. The molecule has 3 atom stereocenters. The molecule has 0 saturated heterocycles. The fraction of sp³-hybridized carbons (Fsp3) is 0.643. The first-order valence-electron chi connectivity index (χ1n) is 13.2. The lowest BCUT2D eigenvalue weighted by atomic mass is 9.81. The van der Waals surface area contributed by atoms with E-state index in [4.69, 9.17) is 4.74 Å². The Kier molecular flexibility index (Phi) is 11.4. The highest BCUT2D eigenvalue weighted by molar-refractivity contribution is 5.86. The lowest BCUT2D eigenvalue weighted by Gasteiger charge is -2.30. The molecule has 37 heavy (non-hydrogen) atoms. The van der Waals surface area contributed by atoms with E-state index in [1.54, 1.807) is 20.8 Å². The largest absolute Gasteiger partial charge is 0.480 e. The third-order valence-corrected chi connectivity index (χ3v) is 6.85. The molecule has 0 radical (unpaired) electrons. The van der Waals surface area contributed by atoms with E-state index < -0.39 is 29.7 Å². The van der Waals surface area contributed by atoms with Crippen LogP contribution in [0.3, 0.4) is 0 Å². The Morgan fingerprint density at radius 2 is 1.65 bits per heavy atom. The Labute approximate surface area is 220 Å². The Bertz CT molecular complexity index is 906. The highest BCUT2D eigenvalue weighted by Crippen LogP contribution is 2.29. The molecule has 1 aromatic rings. The monoisotopic (exact) mass is 517 g/mol. The molecule has 206 valence electrons. The number of benzene rings is 1. The van der Waals surface area contributed by atoms with Crippen molar-refractivity contribution in [1.82, 2.24) is 16.0 Å². The maximum atomic E-state index is 13.0. The molecule has 1 fully saturated rings. The number of rotatable bonds is 11. The SMILES string of the molecule is CCC(C)[C@H](NC(=O)C1CCC(CNC(=O)[C@H](Cc2ccccc2)NC(=O)OC(C)(C)C)CC1)C(=O)O. The van der Waals surface area contributed by atoms with Crippen LogP contribution >= 0.6 is 0 Å². The minimum atomic E-state index is -1.01. The van der Waals surface area contributed by atoms with Gasteiger partial charge in [-0.3, -0.25) is 9.59 Å². The summed E-state index contributed by atoms with van der Waals surface area (Å²) in [6, 6.07) is 7.80. The van der Waals surface area contributed by atoms with Crippen LogP contribution in [-0.2, 0) is 25.5 Å². The van der Waals surface area contributed by atoms with Crippen LogP contribution in [0.15, 0.2) is 30.3 Å². The number of aliphatic carboxylic acids is 1. The number of carbonyl (C=O) groups is 4. The van der Waals surface area contributed by atoms with E-state index in [-0.39, 0.29) is 29.6 Å². The van der Waals surface area contributed by atoms with Crippen molar-refractivity contribution < 1.29 is 29.0 Å². The Morgan fingerprint density at radius 1 is 1.03 bits per heavy atom. The average Bonchev–Trinajstić information content (AvgIpc) is 2.84. The first-order chi connectivity index (χ1) is 17.4. The van der Waals surface area contributed by atoms with Crippen molar-refractivity contribution in [2.75, 3.05) is 6.54 Å². The molecule has 0 aliphatic heterocycles. The van der Waals surface area contributed by atoms with Crippen molar-refractivity contribution >= 4 is 23.9 Å². The van der Waals surface area contributed by atoms with Gasteiger partial charge in [-0.2, -0.15) is 0 Å². The summed E-state index contributed by atoms with van der Waals surface area (Å²) in [6.07, 6.45) is 3.14. The van der Waals surface area contributed by atoms with Gasteiger partial charge in [0.2, 0.25) is 11.8 Å². The fourth-order valence-corrected chi connectivity index (χ4v) is 4.46. The van der Waals surface area contributed by atoms with E-state index in [1.165, 1.54) is 0 Å². The first kappa shape index (κ1) is 30.1. The molecule has 0 bridgehead atoms. The average molecular weight is 518 g/mol. The zero-order chi connectivity index (χ0) is 27.6. The standard InChI is InChI=1S/C28H43N3O6/c1-6-18(2)23(26(34)35)31-24(32)21-14-12-20(13-15-21)17-29-25(33)22(16-19-10-8-7-9-11-19)30-27(36)37-28(3,4)5/h7-11,18,20-23H,6,12-17H2,1-5H3,(H,29,33)(H,30,36)(H,31,32)(H,34,35)/t18?,20?,21?,22-,23-/m0/s1. The fourth-order valence-electron chi connectivity index (χ4n) is 4.46. The Hall–Kier alpha value is -3.10. The number of alkyl carbamates (subject to hydrolysis) is 1. The summed E-state index contributed by atoms with van der Waals surface area (Å²) in [5, 5.41) is 17.8. The maximum absolute atomic E-state index is 13.0. The molecule has 0 heterocycles. The van der Waals surface area contributed by atoms with Crippen molar-refractivity contribution in [2.45, 2.75) is 90.8 Å². The van der Waals surface area contributed by atoms with Crippen LogP contribution < -0.4 is 16.0 Å². The molecule has 0 spiro atoms. The number of nitrogens with one attached hydrogen (secondary N) is 3. The highest BCUT2D eigenvalue weighted by Gasteiger charge is 2.32. The van der Waals surface area contributed by atoms with Gasteiger partial charge in [0.25, 0.3) is 0 Å². The highest BCUT2D eigenvalue weighted by atomic mass is 16.6. The van der Waals surface area contributed by atoms with Gasteiger partial charge in [0.05, 0.1) is 0 Å². The molecule has 9 nitrogen and oxygen atoms in total. The quantitative estimate of drug-likeness (QED) is 0.354. The van der Waals surface area contributed by atoms with E-state index >= 15 is 0 Å². The minimum Gasteiger partial charge on any atom is -0.480 e. The van der Waals surface area contributed by atoms with Gasteiger partial charge >= 0.3 is 12.1 Å². The summed E-state index contributed by atoms with van der Waals surface area (Å²) in [5.74, 6) is -1.67. The van der Waals surface area contributed by atoms with Gasteiger partial charge < -0.3 is 25.8 Å². The van der Waals surface area contributed by atoms with E-state index in [1.807, 2.05) is 44.2 Å². The molecule has 2 rings (SSSR count). The Balaban J connectivity index is 1.89. The third-order valence-electron chi connectivity index (χ3n) is 6.85. The van der Waals surface area contributed by atoms with Crippen LogP contribution in [0.1, 0.15) is 72.3 Å². The molecular weight excluding hydrogens is 474 g/mol. The van der Waals surface area contributed by atoms with Crippen LogP contribution in [-0.4, -0.2) is 53.2 Å². The van der Waals surface area contributed by atoms with E-state index in [9.17, 15) is 24.3 Å². The van der Waals surface area contributed by atoms with Crippen molar-refractivity contribution in [1.29, 1.82) is 0 Å². The number of ether oxygens (including phenoxy) is 1. The maximum Gasteiger partial charge on any atom is 0.408 e. The minimum absolute atomic E-state index is 0.147. The van der Waals surface area contributed by atoms with Crippen LogP contribution in [0, 0.1) is 17.8 Å². The van der Waals surface area contributed by atoms with Crippen LogP contribution in [0.2, 0.25) is 0 Å². The second-order valence-electron chi connectivity index (χ2n) is 11.1. The summed E-state index contributed by atoms with van der Waals surface area (Å²) in [4.78, 5) is 49.6. The van der Waals surface area contributed by atoms with Gasteiger partial charge in [0.15, 0.2) is 0 Å². The van der Waals surface area contributed by atoms with Crippen LogP contribution in [0.25, 0.3) is 0 Å². The smallest absolute Gasteiger partial charge is 0.408 e. The van der Waals surface area contributed by atoms with Gasteiger partial charge in [-0.15, -0.1) is 0 Å². The zero-order valence-electron chi connectivity index (χ0n) is 22.7. The Morgan fingerprint density at radius 3 is 2.19 bits per heavy atom. The molecule has 4 N–H and O–H groups in total. The van der Waals surface area contributed by atoms with Crippen LogP contribution in [0.4, 0.5) is 4.79 Å². The molecule has 1 unspecified atom stereocenters. The summed E-state index contributed by atoms with van der Waals surface area (Å²) >= 11 is 0. The summed E-state index contributed by atoms with van der Waals surface area (Å²) < 4.78 is 5.34. The molecular formula is C28H43N3O6. The van der Waals surface area contributed by atoms with E-state index in [0.717, 1.165) is 18.4 Å². The van der Waals surface area contributed by atoms with E-state index in [0.29, 0.717) is 32.2 Å². The van der Waals surface area contributed by atoms with Crippen molar-refractivity contribution in [3.8, 4) is 0 Å². The topological polar surface area (TPSA) is 134 Å². The van der Waals surface area contributed by atoms with Gasteiger partial charge in [-0.1, -0.05) is 50.6 Å². The number of carbonyl (C=O) groups excluding carboxylic acids is 3. The predicted molar refractivity (Wildman–Crippen MR) is 141 cm³/mol. The summed E-state index contributed by atoms with van der Waals surface area (Å²) in [7, 11) is 0. The lowest BCUT2D eigenvalue weighted by Crippen LogP contribution is -2.50. The number of amides is 3. The normalized spacial score (nSPS) is 20.1. The van der Waals surface area contributed by atoms with Gasteiger partial charge in [0, 0.05) is 18.9 Å². The molecule has 1 aromatic carbocycles. The lowest BCUT2D eigenvalue weighted by molar-refractivity contribution is -0.144. The van der Waals surface area contributed by atoms with Gasteiger partial charge in [-0.25, -0.2) is 9.59 Å². The number of carboxylic acid groups (broad SMARTS) is 1. The molecule has 0 aromatic heterocycles. The second kappa shape index (κ2) is 14.0. The third kappa shape index (κ3) is 10.4. The van der Waals surface area contributed by atoms with Crippen LogP contribution in [0.5, 0.6) is 0 Å². The number of hydrogen-bond acceptors (Lipinski definition) is 5. The van der Waals surface area contributed by atoms with Gasteiger partial charge in [0.1, 0.15) is 17.7 Å². The first-order valence-corrected chi connectivity index (χ1v) is 13.2. The number of hydrogen-bond donors (Lipinski definition) is 4.